The van der Waals surface area contributed by atoms with Crippen LogP contribution in [0.15, 0.2) is 18.5 Å². The van der Waals surface area contributed by atoms with Gasteiger partial charge in [0.05, 0.1) is 21.5 Å². The first kappa shape index (κ1) is 15.1. The molecule has 1 aromatic heterocycles. The molecule has 0 unspecified atom stereocenters. The quantitative estimate of drug-likeness (QED) is 0.822. The summed E-state index contributed by atoms with van der Waals surface area (Å²) in [5.74, 6) is -0.268. The maximum Gasteiger partial charge on any atom is 0.257 e. The molecule has 0 aliphatic carbocycles. The van der Waals surface area contributed by atoms with Gasteiger partial charge in [-0.2, -0.15) is 11.8 Å². The third-order valence-electron chi connectivity index (χ3n) is 3.73. The van der Waals surface area contributed by atoms with E-state index in [4.69, 9.17) is 18.0 Å². The van der Waals surface area contributed by atoms with Crippen LogP contribution in [-0.2, 0) is 0 Å². The van der Waals surface area contributed by atoms with E-state index in [-0.39, 0.29) is 22.0 Å². The molecule has 2 rings (SSSR count). The highest BCUT2D eigenvalue weighted by atomic mass is 32.2. The van der Waals surface area contributed by atoms with E-state index < -0.39 is 0 Å². The molecule has 0 atom stereocenters. The van der Waals surface area contributed by atoms with Gasteiger partial charge in [0.1, 0.15) is 5.75 Å². The number of aromatic hydroxyl groups is 1. The van der Waals surface area contributed by atoms with Gasteiger partial charge in [-0.25, -0.2) is 0 Å². The molecule has 5 nitrogen and oxygen atoms in total. The van der Waals surface area contributed by atoms with E-state index in [1.165, 1.54) is 18.5 Å². The highest BCUT2D eigenvalue weighted by Crippen LogP contribution is 2.35. The van der Waals surface area contributed by atoms with E-state index >= 15 is 0 Å². The monoisotopic (exact) mass is 311 g/mol. The Balaban J connectivity index is 2.10. The molecule has 2 heterocycles. The van der Waals surface area contributed by atoms with Crippen molar-refractivity contribution >= 4 is 34.9 Å². The minimum Gasteiger partial charge on any atom is -0.505 e. The number of pyridine rings is 1. The summed E-state index contributed by atoms with van der Waals surface area (Å²) in [7, 11) is 0. The zero-order valence-corrected chi connectivity index (χ0v) is 12.8. The summed E-state index contributed by atoms with van der Waals surface area (Å²) in [4.78, 5) is 18.4. The van der Waals surface area contributed by atoms with Gasteiger partial charge in [0, 0.05) is 19.3 Å². The van der Waals surface area contributed by atoms with Gasteiger partial charge in [-0.1, -0.05) is 12.2 Å². The van der Waals surface area contributed by atoms with Crippen LogP contribution in [0.1, 0.15) is 23.2 Å². The molecule has 1 fully saturated rings. The molecule has 0 aromatic carbocycles. The van der Waals surface area contributed by atoms with Crippen molar-refractivity contribution in [2.45, 2.75) is 17.6 Å². The van der Waals surface area contributed by atoms with Crippen molar-refractivity contribution in [1.82, 2.24) is 9.88 Å². The number of piperidine rings is 1. The molecule has 20 heavy (non-hydrogen) atoms. The first-order valence-electron chi connectivity index (χ1n) is 6.27. The van der Waals surface area contributed by atoms with E-state index in [1.54, 1.807) is 16.7 Å². The molecule has 3 N–H and O–H groups in total. The predicted molar refractivity (Wildman–Crippen MR) is 84.1 cm³/mol. The van der Waals surface area contributed by atoms with E-state index in [9.17, 15) is 9.90 Å². The number of aromatic nitrogens is 1. The molecule has 1 saturated heterocycles. The number of thioether (sulfide) groups is 1. The summed E-state index contributed by atoms with van der Waals surface area (Å²) < 4.78 is -0.216. The lowest BCUT2D eigenvalue weighted by Gasteiger charge is -2.40. The Morgan fingerprint density at radius 1 is 1.55 bits per heavy atom. The number of carbonyl (C=O) groups is 1. The molecule has 1 aliphatic rings. The van der Waals surface area contributed by atoms with Gasteiger partial charge in [0.15, 0.2) is 0 Å². The highest BCUT2D eigenvalue weighted by molar-refractivity contribution is 8.02. The van der Waals surface area contributed by atoms with Gasteiger partial charge in [-0.3, -0.25) is 9.78 Å². The van der Waals surface area contributed by atoms with E-state index in [0.29, 0.717) is 18.1 Å². The number of carbonyl (C=O) groups excluding carboxylic acids is 1. The second kappa shape index (κ2) is 5.97. The molecule has 1 amide bonds. The van der Waals surface area contributed by atoms with Crippen LogP contribution in [0.3, 0.4) is 0 Å². The van der Waals surface area contributed by atoms with Gasteiger partial charge < -0.3 is 15.7 Å². The first-order chi connectivity index (χ1) is 9.50. The summed E-state index contributed by atoms with van der Waals surface area (Å²) in [6.07, 6.45) is 6.24. The first-order valence-corrected chi connectivity index (χ1v) is 7.91. The summed E-state index contributed by atoms with van der Waals surface area (Å²) in [6.45, 7) is 1.16. The smallest absolute Gasteiger partial charge is 0.257 e. The van der Waals surface area contributed by atoms with E-state index in [2.05, 4.69) is 4.98 Å². The lowest BCUT2D eigenvalue weighted by molar-refractivity contribution is 0.0715. The lowest BCUT2D eigenvalue weighted by Crippen LogP contribution is -2.50. The highest BCUT2D eigenvalue weighted by Gasteiger charge is 2.38. The van der Waals surface area contributed by atoms with Gasteiger partial charge in [0.25, 0.3) is 5.91 Å². The molecule has 0 bridgehead atoms. The van der Waals surface area contributed by atoms with Crippen molar-refractivity contribution in [2.24, 2.45) is 5.73 Å². The summed E-state index contributed by atoms with van der Waals surface area (Å²) in [6, 6.07) is 1.53. The van der Waals surface area contributed by atoms with Crippen molar-refractivity contribution in [2.75, 3.05) is 19.3 Å². The number of nitrogens with zero attached hydrogens (tertiary/aromatic N) is 2. The van der Waals surface area contributed by atoms with Crippen LogP contribution < -0.4 is 5.73 Å². The van der Waals surface area contributed by atoms with Crippen LogP contribution in [0.5, 0.6) is 5.75 Å². The van der Waals surface area contributed by atoms with Crippen LogP contribution >= 0.6 is 24.0 Å². The number of nitrogens with two attached hydrogens (primary N) is 1. The van der Waals surface area contributed by atoms with Crippen molar-refractivity contribution < 1.29 is 9.90 Å². The average Bonchev–Trinajstić information content (AvgIpc) is 2.47. The van der Waals surface area contributed by atoms with Crippen molar-refractivity contribution in [3.8, 4) is 5.75 Å². The molecule has 0 radical (unpaired) electrons. The fourth-order valence-corrected chi connectivity index (χ4v) is 3.61. The molecule has 7 heteroatoms. The number of rotatable bonds is 3. The Morgan fingerprint density at radius 2 is 2.20 bits per heavy atom. The molecule has 0 saturated carbocycles. The number of thiocarbonyl (C=S) groups is 1. The van der Waals surface area contributed by atoms with Crippen LogP contribution in [0.25, 0.3) is 0 Å². The third kappa shape index (κ3) is 2.73. The van der Waals surface area contributed by atoms with Crippen molar-refractivity contribution in [3.05, 3.63) is 24.0 Å². The Bertz CT molecular complexity index is 528. The molecular weight excluding hydrogens is 294 g/mol. The summed E-state index contributed by atoms with van der Waals surface area (Å²) in [5, 5.41) is 9.69. The Hall–Kier alpha value is -1.34. The van der Waals surface area contributed by atoms with Crippen LogP contribution in [0.4, 0.5) is 0 Å². The summed E-state index contributed by atoms with van der Waals surface area (Å²) >= 11 is 6.80. The molecule has 1 aliphatic heterocycles. The Morgan fingerprint density at radius 3 is 2.70 bits per heavy atom. The minimum atomic E-state index is -0.216. The van der Waals surface area contributed by atoms with Crippen molar-refractivity contribution in [1.29, 1.82) is 0 Å². The normalized spacial score (nSPS) is 17.8. The van der Waals surface area contributed by atoms with Gasteiger partial charge in [-0.15, -0.1) is 0 Å². The number of hydrogen-bond acceptors (Lipinski definition) is 5. The van der Waals surface area contributed by atoms with Gasteiger partial charge in [-0.05, 0) is 25.2 Å². The molecule has 108 valence electrons. The zero-order chi connectivity index (χ0) is 14.8. The largest absolute Gasteiger partial charge is 0.505 e. The predicted octanol–water partition coefficient (Wildman–Crippen LogP) is 1.41. The lowest BCUT2D eigenvalue weighted by atomic mass is 9.95. The van der Waals surface area contributed by atoms with Gasteiger partial charge >= 0.3 is 0 Å². The molecule has 1 aromatic rings. The number of amides is 1. The van der Waals surface area contributed by atoms with E-state index in [1.807, 2.05) is 6.26 Å². The standard InChI is InChI=1S/C13H17N3O2S2/c1-20-13(12(14)19)3-6-16(7-4-13)11(18)9-2-5-15-8-10(9)17/h2,5,8,17H,3-4,6-7H2,1H3,(H2,14,19). The fraction of sp³-hybridized carbons (Fsp3) is 0.462. The second-order valence-corrected chi connectivity index (χ2v) is 6.38. The van der Waals surface area contributed by atoms with Crippen LogP contribution in [0, 0.1) is 0 Å². The summed E-state index contributed by atoms with van der Waals surface area (Å²) in [5.41, 5.74) is 6.11. The van der Waals surface area contributed by atoms with Gasteiger partial charge in [0.2, 0.25) is 0 Å². The number of hydrogen-bond donors (Lipinski definition) is 2. The zero-order valence-electron chi connectivity index (χ0n) is 11.2. The minimum absolute atomic E-state index is 0.0893. The average molecular weight is 311 g/mol. The topological polar surface area (TPSA) is 79.5 Å². The number of likely N-dealkylation sites (tertiary alicyclic amines) is 1. The van der Waals surface area contributed by atoms with Crippen LogP contribution in [0.2, 0.25) is 0 Å². The van der Waals surface area contributed by atoms with Crippen LogP contribution in [-0.4, -0.2) is 50.0 Å². The molecular formula is C13H17N3O2S2. The maximum atomic E-state index is 12.4. The SMILES string of the molecule is CSC1(C(N)=S)CCN(C(=O)c2ccncc2O)CC1. The Kier molecular flexibility index (Phi) is 4.49. The van der Waals surface area contributed by atoms with E-state index in [0.717, 1.165) is 12.8 Å². The Labute approximate surface area is 127 Å². The van der Waals surface area contributed by atoms with Crippen molar-refractivity contribution in [3.63, 3.8) is 0 Å². The fourth-order valence-electron chi connectivity index (χ4n) is 2.36. The third-order valence-corrected chi connectivity index (χ3v) is 5.66. The molecule has 0 spiro atoms. The second-order valence-electron chi connectivity index (χ2n) is 4.75. The maximum absolute atomic E-state index is 12.4.